The van der Waals surface area contributed by atoms with E-state index in [-0.39, 0.29) is 5.82 Å². The van der Waals surface area contributed by atoms with Crippen molar-refractivity contribution in [1.29, 1.82) is 0 Å². The molecule has 2 aromatic rings. The van der Waals surface area contributed by atoms with Gasteiger partial charge in [-0.2, -0.15) is 0 Å². The molecular weight excluding hydrogens is 215 g/mol. The molecule has 3 rings (SSSR count). The van der Waals surface area contributed by atoms with E-state index >= 15 is 0 Å². The molecule has 0 unspecified atom stereocenters. The Balaban J connectivity index is 2.15. The average Bonchev–Trinajstić information content (AvgIpc) is 2.72. The molecule has 0 fully saturated rings. The molecule has 17 heavy (non-hydrogen) atoms. The van der Waals surface area contributed by atoms with E-state index in [0.29, 0.717) is 23.5 Å². The number of fused-ring (bicyclic) bond motifs is 1. The van der Waals surface area contributed by atoms with Gasteiger partial charge >= 0.3 is 0 Å². The first kappa shape index (κ1) is 10.0. The minimum Gasteiger partial charge on any atom is -0.399 e. The first-order chi connectivity index (χ1) is 8.25. The Bertz CT molecular complexity index is 617. The molecule has 0 saturated heterocycles. The van der Waals surface area contributed by atoms with Crippen LogP contribution in [0.15, 0.2) is 47.5 Å². The lowest BCUT2D eigenvalue weighted by Gasteiger charge is -2.06. The Kier molecular flexibility index (Phi) is 2.18. The minimum absolute atomic E-state index is 0.249. The fourth-order valence-electron chi connectivity index (χ4n) is 2.09. The SMILES string of the molecule is Nc1ccc2c(c1)C(c1ccccc1F)=NC2. The van der Waals surface area contributed by atoms with Crippen LogP contribution in [0.25, 0.3) is 0 Å². The van der Waals surface area contributed by atoms with Crippen molar-refractivity contribution in [3.63, 3.8) is 0 Å². The molecule has 0 radical (unpaired) electrons. The van der Waals surface area contributed by atoms with E-state index in [1.807, 2.05) is 24.3 Å². The number of halogens is 1. The zero-order chi connectivity index (χ0) is 11.8. The summed E-state index contributed by atoms with van der Waals surface area (Å²) in [5, 5.41) is 0. The van der Waals surface area contributed by atoms with Crippen LogP contribution in [0.2, 0.25) is 0 Å². The lowest BCUT2D eigenvalue weighted by molar-refractivity contribution is 0.625. The topological polar surface area (TPSA) is 38.4 Å². The summed E-state index contributed by atoms with van der Waals surface area (Å²) in [4.78, 5) is 4.40. The van der Waals surface area contributed by atoms with Crippen LogP contribution in [0.3, 0.4) is 0 Å². The van der Waals surface area contributed by atoms with Gasteiger partial charge in [-0.15, -0.1) is 0 Å². The Morgan fingerprint density at radius 2 is 1.88 bits per heavy atom. The van der Waals surface area contributed by atoms with Crippen molar-refractivity contribution < 1.29 is 4.39 Å². The molecule has 3 heteroatoms. The third-order valence-electron chi connectivity index (χ3n) is 2.93. The summed E-state index contributed by atoms with van der Waals surface area (Å²) >= 11 is 0. The first-order valence-electron chi connectivity index (χ1n) is 5.44. The molecule has 2 nitrogen and oxygen atoms in total. The number of benzene rings is 2. The van der Waals surface area contributed by atoms with Crippen LogP contribution in [0.4, 0.5) is 10.1 Å². The smallest absolute Gasteiger partial charge is 0.132 e. The van der Waals surface area contributed by atoms with Gasteiger partial charge in [0.2, 0.25) is 0 Å². The number of hydrogen-bond acceptors (Lipinski definition) is 2. The summed E-state index contributed by atoms with van der Waals surface area (Å²) in [6.45, 7) is 0.597. The number of nitrogen functional groups attached to an aromatic ring is 1. The lowest BCUT2D eigenvalue weighted by atomic mass is 9.99. The van der Waals surface area contributed by atoms with Crippen molar-refractivity contribution in [2.75, 3.05) is 5.73 Å². The maximum absolute atomic E-state index is 13.7. The summed E-state index contributed by atoms with van der Waals surface area (Å²) in [6, 6.07) is 12.3. The molecule has 1 heterocycles. The Morgan fingerprint density at radius 3 is 2.71 bits per heavy atom. The van der Waals surface area contributed by atoms with Crippen LogP contribution >= 0.6 is 0 Å². The van der Waals surface area contributed by atoms with E-state index < -0.39 is 0 Å². The van der Waals surface area contributed by atoms with Crippen LogP contribution in [-0.4, -0.2) is 5.71 Å². The fourth-order valence-corrected chi connectivity index (χ4v) is 2.09. The highest BCUT2D eigenvalue weighted by Crippen LogP contribution is 2.26. The molecule has 0 atom stereocenters. The largest absolute Gasteiger partial charge is 0.399 e. The predicted octanol–water partition coefficient (Wildman–Crippen LogP) is 2.76. The quantitative estimate of drug-likeness (QED) is 0.746. The van der Waals surface area contributed by atoms with Crippen LogP contribution in [0.1, 0.15) is 16.7 Å². The zero-order valence-corrected chi connectivity index (χ0v) is 9.15. The van der Waals surface area contributed by atoms with Crippen molar-refractivity contribution in [1.82, 2.24) is 0 Å². The van der Waals surface area contributed by atoms with E-state index in [1.54, 1.807) is 12.1 Å². The summed E-state index contributed by atoms with van der Waals surface area (Å²) < 4.78 is 13.7. The summed E-state index contributed by atoms with van der Waals surface area (Å²) in [6.07, 6.45) is 0. The van der Waals surface area contributed by atoms with E-state index in [2.05, 4.69) is 4.99 Å². The van der Waals surface area contributed by atoms with Gasteiger partial charge in [-0.25, -0.2) is 4.39 Å². The lowest BCUT2D eigenvalue weighted by Crippen LogP contribution is -2.04. The maximum atomic E-state index is 13.7. The van der Waals surface area contributed by atoms with Crippen LogP contribution in [-0.2, 0) is 6.54 Å². The number of nitrogens with two attached hydrogens (primary N) is 1. The second-order valence-electron chi connectivity index (χ2n) is 4.06. The minimum atomic E-state index is -0.249. The molecule has 2 aromatic carbocycles. The molecule has 0 amide bonds. The Hall–Kier alpha value is -2.16. The monoisotopic (exact) mass is 226 g/mol. The molecule has 84 valence electrons. The van der Waals surface area contributed by atoms with Crippen molar-refractivity contribution in [3.05, 3.63) is 65.0 Å². The third kappa shape index (κ3) is 1.60. The molecule has 0 aromatic heterocycles. The Labute approximate surface area is 98.6 Å². The van der Waals surface area contributed by atoms with Gasteiger partial charge in [0.15, 0.2) is 0 Å². The van der Waals surface area contributed by atoms with E-state index in [9.17, 15) is 4.39 Å². The Morgan fingerprint density at radius 1 is 1.06 bits per heavy atom. The summed E-state index contributed by atoms with van der Waals surface area (Å²) in [5.74, 6) is -0.249. The number of anilines is 1. The number of hydrogen-bond donors (Lipinski definition) is 1. The van der Waals surface area contributed by atoms with Crippen molar-refractivity contribution in [2.24, 2.45) is 4.99 Å². The molecule has 0 aliphatic carbocycles. The number of rotatable bonds is 1. The normalized spacial score (nSPS) is 13.4. The van der Waals surface area contributed by atoms with Gasteiger partial charge in [0.25, 0.3) is 0 Å². The molecule has 0 spiro atoms. The van der Waals surface area contributed by atoms with Crippen molar-refractivity contribution >= 4 is 11.4 Å². The number of aliphatic imine (C=N–C) groups is 1. The first-order valence-corrected chi connectivity index (χ1v) is 5.44. The van der Waals surface area contributed by atoms with Crippen molar-refractivity contribution in [3.8, 4) is 0 Å². The highest BCUT2D eigenvalue weighted by molar-refractivity contribution is 6.15. The van der Waals surface area contributed by atoms with Crippen LogP contribution in [0.5, 0.6) is 0 Å². The predicted molar refractivity (Wildman–Crippen MR) is 66.6 cm³/mol. The molecule has 0 saturated carbocycles. The van der Waals surface area contributed by atoms with Crippen molar-refractivity contribution in [2.45, 2.75) is 6.54 Å². The van der Waals surface area contributed by atoms with E-state index in [1.165, 1.54) is 6.07 Å². The molecule has 1 aliphatic rings. The molecule has 2 N–H and O–H groups in total. The van der Waals surface area contributed by atoms with Gasteiger partial charge in [-0.3, -0.25) is 4.99 Å². The molecule has 0 bridgehead atoms. The third-order valence-corrected chi connectivity index (χ3v) is 2.93. The maximum Gasteiger partial charge on any atom is 0.132 e. The van der Waals surface area contributed by atoms with Gasteiger partial charge < -0.3 is 5.73 Å². The van der Waals surface area contributed by atoms with Crippen LogP contribution < -0.4 is 5.73 Å². The summed E-state index contributed by atoms with van der Waals surface area (Å²) in [5.41, 5.74) is 9.71. The van der Waals surface area contributed by atoms with Gasteiger partial charge in [-0.1, -0.05) is 18.2 Å². The molecular formula is C14H11FN2. The van der Waals surface area contributed by atoms with E-state index in [4.69, 9.17) is 5.73 Å². The molecule has 1 aliphatic heterocycles. The second kappa shape index (κ2) is 3.70. The standard InChI is InChI=1S/C14H11FN2/c15-13-4-2-1-3-11(13)14-12-7-10(16)6-5-9(12)8-17-14/h1-7H,8,16H2. The van der Waals surface area contributed by atoms with Gasteiger partial charge in [0, 0.05) is 16.8 Å². The van der Waals surface area contributed by atoms with E-state index in [0.717, 1.165) is 11.1 Å². The summed E-state index contributed by atoms with van der Waals surface area (Å²) in [7, 11) is 0. The van der Waals surface area contributed by atoms with Gasteiger partial charge in [-0.05, 0) is 29.8 Å². The highest BCUT2D eigenvalue weighted by atomic mass is 19.1. The van der Waals surface area contributed by atoms with Gasteiger partial charge in [0.1, 0.15) is 5.82 Å². The van der Waals surface area contributed by atoms with Gasteiger partial charge in [0.05, 0.1) is 12.3 Å². The zero-order valence-electron chi connectivity index (χ0n) is 9.15. The highest BCUT2D eigenvalue weighted by Gasteiger charge is 2.19. The average molecular weight is 226 g/mol. The van der Waals surface area contributed by atoms with Crippen LogP contribution in [0, 0.1) is 5.82 Å². The number of nitrogens with zero attached hydrogens (tertiary/aromatic N) is 1. The second-order valence-corrected chi connectivity index (χ2v) is 4.06. The fraction of sp³-hybridized carbons (Fsp3) is 0.0714.